The molecule has 1 heterocycles. The normalized spacial score (nSPS) is 16.8. The van der Waals surface area contributed by atoms with Gasteiger partial charge in [-0.2, -0.15) is 0 Å². The van der Waals surface area contributed by atoms with E-state index in [0.29, 0.717) is 28.6 Å². The van der Waals surface area contributed by atoms with Crippen molar-refractivity contribution in [3.63, 3.8) is 0 Å². The molecule has 1 N–H and O–H groups in total. The van der Waals surface area contributed by atoms with Gasteiger partial charge in [0.05, 0.1) is 11.8 Å². The van der Waals surface area contributed by atoms with Crippen LogP contribution in [0.15, 0.2) is 48.5 Å². The molecule has 3 rings (SSSR count). The summed E-state index contributed by atoms with van der Waals surface area (Å²) in [6.45, 7) is 1.17. The van der Waals surface area contributed by atoms with Crippen LogP contribution in [0.4, 0.5) is 10.1 Å². The Balaban J connectivity index is 1.65. The second-order valence-electron chi connectivity index (χ2n) is 5.96. The highest BCUT2D eigenvalue weighted by Gasteiger charge is 2.17. The van der Waals surface area contributed by atoms with Crippen LogP contribution in [0.1, 0.15) is 18.4 Å². The number of rotatable bonds is 6. The number of amides is 1. The molecule has 2 aromatic rings. The van der Waals surface area contributed by atoms with Crippen molar-refractivity contribution in [3.8, 4) is 5.75 Å². The van der Waals surface area contributed by atoms with E-state index in [1.807, 2.05) is 0 Å². The van der Waals surface area contributed by atoms with Crippen molar-refractivity contribution in [2.75, 3.05) is 18.5 Å². The van der Waals surface area contributed by atoms with Crippen LogP contribution < -0.4 is 10.1 Å². The minimum atomic E-state index is -0.363. The van der Waals surface area contributed by atoms with Crippen molar-refractivity contribution >= 4 is 29.3 Å². The van der Waals surface area contributed by atoms with Gasteiger partial charge in [0.15, 0.2) is 0 Å². The highest BCUT2D eigenvalue weighted by molar-refractivity contribution is 6.31. The van der Waals surface area contributed by atoms with Gasteiger partial charge < -0.3 is 14.8 Å². The summed E-state index contributed by atoms with van der Waals surface area (Å²) >= 11 is 6.03. The summed E-state index contributed by atoms with van der Waals surface area (Å²) in [5.41, 5.74) is 1.07. The number of anilines is 1. The summed E-state index contributed by atoms with van der Waals surface area (Å²) in [5, 5.41) is 3.23. The molecule has 0 spiro atoms. The lowest BCUT2D eigenvalue weighted by Gasteiger charge is -2.15. The molecule has 6 heteroatoms. The maximum atomic E-state index is 13.2. The summed E-state index contributed by atoms with van der Waals surface area (Å²) in [7, 11) is 0. The topological polar surface area (TPSA) is 47.6 Å². The fourth-order valence-electron chi connectivity index (χ4n) is 2.64. The highest BCUT2D eigenvalue weighted by Crippen LogP contribution is 2.29. The third-order valence-corrected chi connectivity index (χ3v) is 4.16. The van der Waals surface area contributed by atoms with Gasteiger partial charge in [0.25, 0.3) is 0 Å². The predicted molar refractivity (Wildman–Crippen MR) is 100.0 cm³/mol. The molecule has 1 saturated heterocycles. The number of carbonyl (C=O) groups is 1. The summed E-state index contributed by atoms with van der Waals surface area (Å²) in [6.07, 6.45) is 4.94. The Bertz CT molecular complexity index is 803. The van der Waals surface area contributed by atoms with Crippen LogP contribution in [-0.2, 0) is 9.53 Å². The molecule has 4 nitrogen and oxygen atoms in total. The molecule has 1 aliphatic heterocycles. The predicted octanol–water partition coefficient (Wildman–Crippen LogP) is 4.69. The lowest BCUT2D eigenvalue weighted by atomic mass is 10.2. The van der Waals surface area contributed by atoms with Crippen LogP contribution in [0.3, 0.4) is 0 Å². The van der Waals surface area contributed by atoms with Crippen molar-refractivity contribution in [1.82, 2.24) is 0 Å². The molecule has 1 aliphatic rings. The van der Waals surface area contributed by atoms with E-state index in [1.54, 1.807) is 30.3 Å². The van der Waals surface area contributed by atoms with Gasteiger partial charge in [-0.05, 0) is 54.8 Å². The van der Waals surface area contributed by atoms with Gasteiger partial charge in [-0.1, -0.05) is 23.7 Å². The monoisotopic (exact) mass is 375 g/mol. The number of carbonyl (C=O) groups excluding carboxylic acids is 1. The zero-order valence-electron chi connectivity index (χ0n) is 14.1. The molecule has 0 aromatic heterocycles. The van der Waals surface area contributed by atoms with E-state index in [-0.39, 0.29) is 17.8 Å². The number of halogens is 2. The molecule has 0 radical (unpaired) electrons. The van der Waals surface area contributed by atoms with Crippen molar-refractivity contribution in [2.45, 2.75) is 18.9 Å². The van der Waals surface area contributed by atoms with Crippen molar-refractivity contribution < 1.29 is 18.7 Å². The van der Waals surface area contributed by atoms with Crippen LogP contribution in [-0.4, -0.2) is 25.2 Å². The molecule has 0 bridgehead atoms. The molecule has 1 unspecified atom stereocenters. The number of hydrogen-bond acceptors (Lipinski definition) is 3. The number of hydrogen-bond donors (Lipinski definition) is 1. The van der Waals surface area contributed by atoms with E-state index in [4.69, 9.17) is 21.1 Å². The Morgan fingerprint density at radius 3 is 3.00 bits per heavy atom. The molecule has 1 fully saturated rings. The Morgan fingerprint density at radius 1 is 1.35 bits per heavy atom. The van der Waals surface area contributed by atoms with Gasteiger partial charge in [0.1, 0.15) is 18.2 Å². The Labute approximate surface area is 156 Å². The van der Waals surface area contributed by atoms with E-state index in [0.717, 1.165) is 19.4 Å². The van der Waals surface area contributed by atoms with Gasteiger partial charge in [0, 0.05) is 17.7 Å². The van der Waals surface area contributed by atoms with E-state index >= 15 is 0 Å². The van der Waals surface area contributed by atoms with Crippen molar-refractivity contribution in [2.24, 2.45) is 0 Å². The first kappa shape index (κ1) is 18.4. The van der Waals surface area contributed by atoms with Crippen LogP contribution in [0, 0.1) is 5.82 Å². The quantitative estimate of drug-likeness (QED) is 0.745. The largest absolute Gasteiger partial charge is 0.489 e. The van der Waals surface area contributed by atoms with Gasteiger partial charge in [-0.3, -0.25) is 4.79 Å². The van der Waals surface area contributed by atoms with E-state index in [9.17, 15) is 9.18 Å². The Kier molecular flexibility index (Phi) is 6.26. The van der Waals surface area contributed by atoms with Crippen LogP contribution in [0.25, 0.3) is 6.08 Å². The van der Waals surface area contributed by atoms with E-state index in [1.165, 1.54) is 24.3 Å². The summed E-state index contributed by atoms with van der Waals surface area (Å²) in [6, 6.07) is 11.0. The van der Waals surface area contributed by atoms with Crippen LogP contribution in [0.5, 0.6) is 5.75 Å². The van der Waals surface area contributed by atoms with Crippen molar-refractivity contribution in [1.29, 1.82) is 0 Å². The first-order chi connectivity index (χ1) is 12.6. The first-order valence-corrected chi connectivity index (χ1v) is 8.76. The van der Waals surface area contributed by atoms with Gasteiger partial charge >= 0.3 is 0 Å². The summed E-state index contributed by atoms with van der Waals surface area (Å²) in [4.78, 5) is 12.2. The van der Waals surface area contributed by atoms with Crippen LogP contribution >= 0.6 is 11.6 Å². The average molecular weight is 376 g/mol. The fourth-order valence-corrected chi connectivity index (χ4v) is 2.81. The maximum Gasteiger partial charge on any atom is 0.248 e. The first-order valence-electron chi connectivity index (χ1n) is 8.39. The number of benzene rings is 2. The summed E-state index contributed by atoms with van der Waals surface area (Å²) < 4.78 is 24.5. The maximum absolute atomic E-state index is 13.2. The SMILES string of the molecule is O=C(C=Cc1cccc(F)c1)Nc1cc(Cl)ccc1OCC1CCCO1. The molecular formula is C20H19ClFNO3. The van der Waals surface area contributed by atoms with Crippen LogP contribution in [0.2, 0.25) is 5.02 Å². The minimum Gasteiger partial charge on any atom is -0.489 e. The minimum absolute atomic E-state index is 0.0714. The third-order valence-electron chi connectivity index (χ3n) is 3.92. The fraction of sp³-hybridized carbons (Fsp3) is 0.250. The summed E-state index contributed by atoms with van der Waals surface area (Å²) in [5.74, 6) is -0.192. The Hall–Kier alpha value is -2.37. The smallest absolute Gasteiger partial charge is 0.248 e. The molecule has 1 amide bonds. The van der Waals surface area contributed by atoms with Gasteiger partial charge in [-0.15, -0.1) is 0 Å². The lowest BCUT2D eigenvalue weighted by molar-refractivity contribution is -0.111. The second kappa shape index (κ2) is 8.83. The van der Waals surface area contributed by atoms with E-state index < -0.39 is 0 Å². The molecule has 2 aromatic carbocycles. The Morgan fingerprint density at radius 2 is 2.23 bits per heavy atom. The van der Waals surface area contributed by atoms with Gasteiger partial charge in [0.2, 0.25) is 5.91 Å². The second-order valence-corrected chi connectivity index (χ2v) is 6.40. The molecule has 136 valence electrons. The highest BCUT2D eigenvalue weighted by atomic mass is 35.5. The number of ether oxygens (including phenoxy) is 2. The van der Waals surface area contributed by atoms with Gasteiger partial charge in [-0.25, -0.2) is 4.39 Å². The molecule has 0 saturated carbocycles. The third kappa shape index (κ3) is 5.31. The molecule has 0 aliphatic carbocycles. The number of nitrogens with one attached hydrogen (secondary N) is 1. The van der Waals surface area contributed by atoms with E-state index in [2.05, 4.69) is 5.32 Å². The van der Waals surface area contributed by atoms with Crippen molar-refractivity contribution in [3.05, 3.63) is 64.9 Å². The zero-order chi connectivity index (χ0) is 18.4. The lowest BCUT2D eigenvalue weighted by Crippen LogP contribution is -2.17. The molecule has 1 atom stereocenters. The zero-order valence-corrected chi connectivity index (χ0v) is 14.8. The standard InChI is InChI=1S/C20H19ClFNO3/c21-15-7-8-19(26-13-17-5-2-10-25-17)18(12-15)23-20(24)9-6-14-3-1-4-16(22)11-14/h1,3-4,6-9,11-12,17H,2,5,10,13H2,(H,23,24). The average Bonchev–Trinajstić information content (AvgIpc) is 3.13. The molecular weight excluding hydrogens is 357 g/mol. The molecule has 26 heavy (non-hydrogen) atoms.